The maximum Gasteiger partial charge on any atom is 0.0695 e. The Balaban J connectivity index is 1.92. The predicted octanol–water partition coefficient (Wildman–Crippen LogP) is 3.45. The second kappa shape index (κ2) is 7.43. The Labute approximate surface area is 131 Å². The van der Waals surface area contributed by atoms with Gasteiger partial charge in [-0.2, -0.15) is 0 Å². The van der Waals surface area contributed by atoms with E-state index in [1.54, 1.807) is 0 Å². The van der Waals surface area contributed by atoms with Crippen LogP contribution in [0, 0.1) is 11.3 Å². The van der Waals surface area contributed by atoms with Crippen LogP contribution in [0.5, 0.6) is 0 Å². The Morgan fingerprint density at radius 2 is 1.76 bits per heavy atom. The molecule has 2 fully saturated rings. The van der Waals surface area contributed by atoms with Crippen molar-refractivity contribution < 1.29 is 9.84 Å². The number of rotatable bonds is 5. The van der Waals surface area contributed by atoms with Gasteiger partial charge in [0.1, 0.15) is 0 Å². The van der Waals surface area contributed by atoms with Crippen molar-refractivity contribution in [3.63, 3.8) is 0 Å². The lowest BCUT2D eigenvalue weighted by Gasteiger charge is -2.47. The minimum Gasteiger partial charge on any atom is -0.391 e. The standard InChI is InChI=1S/C18H35NO2/c1-5-18(3,4)14-7-8-17(20)16(13-14)19-11-9-15(10-12-19)21-6-2/h14-17,20H,5-13H2,1-4H3. The third-order valence-electron chi connectivity index (χ3n) is 6.15. The third kappa shape index (κ3) is 4.20. The molecule has 1 saturated heterocycles. The van der Waals surface area contributed by atoms with Gasteiger partial charge in [0, 0.05) is 25.7 Å². The molecule has 1 aliphatic carbocycles. The highest BCUT2D eigenvalue weighted by molar-refractivity contribution is 4.93. The van der Waals surface area contributed by atoms with Gasteiger partial charge in [0.05, 0.1) is 12.2 Å². The molecule has 2 rings (SSSR count). The SMILES string of the molecule is CCOC1CCN(C2CC(C(C)(C)CC)CCC2O)CC1. The van der Waals surface area contributed by atoms with Gasteiger partial charge >= 0.3 is 0 Å². The zero-order valence-electron chi connectivity index (χ0n) is 14.5. The molecule has 3 heteroatoms. The van der Waals surface area contributed by atoms with E-state index >= 15 is 0 Å². The molecular weight excluding hydrogens is 262 g/mol. The molecule has 2 aliphatic rings. The first kappa shape index (κ1) is 17.2. The number of hydrogen-bond acceptors (Lipinski definition) is 3. The monoisotopic (exact) mass is 297 g/mol. The van der Waals surface area contributed by atoms with E-state index in [1.807, 2.05) is 0 Å². The number of hydrogen-bond donors (Lipinski definition) is 1. The summed E-state index contributed by atoms with van der Waals surface area (Å²) < 4.78 is 5.75. The van der Waals surface area contributed by atoms with Crippen molar-refractivity contribution in [2.24, 2.45) is 11.3 Å². The smallest absolute Gasteiger partial charge is 0.0695 e. The second-order valence-corrected chi connectivity index (χ2v) is 7.68. The molecule has 3 unspecified atom stereocenters. The Morgan fingerprint density at radius 3 is 2.33 bits per heavy atom. The Bertz CT molecular complexity index is 310. The number of aliphatic hydroxyl groups excluding tert-OH is 1. The van der Waals surface area contributed by atoms with Crippen molar-refractivity contribution in [1.29, 1.82) is 0 Å². The molecule has 0 radical (unpaired) electrons. The van der Waals surface area contributed by atoms with Crippen LogP contribution in [-0.2, 0) is 4.74 Å². The van der Waals surface area contributed by atoms with Gasteiger partial charge in [0.25, 0.3) is 0 Å². The third-order valence-corrected chi connectivity index (χ3v) is 6.15. The van der Waals surface area contributed by atoms with Crippen LogP contribution < -0.4 is 0 Å². The number of ether oxygens (including phenoxy) is 1. The Kier molecular flexibility index (Phi) is 6.10. The summed E-state index contributed by atoms with van der Waals surface area (Å²) in [4.78, 5) is 2.54. The van der Waals surface area contributed by atoms with E-state index in [1.165, 1.54) is 19.3 Å². The van der Waals surface area contributed by atoms with Crippen LogP contribution in [0.1, 0.15) is 66.2 Å². The molecule has 124 valence electrons. The van der Waals surface area contributed by atoms with E-state index in [0.29, 0.717) is 17.6 Å². The average Bonchev–Trinajstić information content (AvgIpc) is 2.49. The lowest BCUT2D eigenvalue weighted by atomic mass is 9.67. The van der Waals surface area contributed by atoms with E-state index in [4.69, 9.17) is 4.74 Å². The van der Waals surface area contributed by atoms with Crippen molar-refractivity contribution in [2.45, 2.75) is 84.5 Å². The lowest BCUT2D eigenvalue weighted by molar-refractivity contribution is -0.0517. The van der Waals surface area contributed by atoms with Crippen molar-refractivity contribution in [3.05, 3.63) is 0 Å². The summed E-state index contributed by atoms with van der Waals surface area (Å²) in [6.45, 7) is 12.2. The molecule has 1 N–H and O–H groups in total. The van der Waals surface area contributed by atoms with Crippen LogP contribution >= 0.6 is 0 Å². The van der Waals surface area contributed by atoms with Crippen LogP contribution in [0.15, 0.2) is 0 Å². The van der Waals surface area contributed by atoms with Crippen LogP contribution in [0.4, 0.5) is 0 Å². The number of aliphatic hydroxyl groups is 1. The molecule has 3 atom stereocenters. The number of nitrogens with zero attached hydrogens (tertiary/aromatic N) is 1. The van der Waals surface area contributed by atoms with Gasteiger partial charge in [0.15, 0.2) is 0 Å². The van der Waals surface area contributed by atoms with Crippen molar-refractivity contribution in [1.82, 2.24) is 4.90 Å². The number of likely N-dealkylation sites (tertiary alicyclic amines) is 1. The van der Waals surface area contributed by atoms with Gasteiger partial charge < -0.3 is 9.84 Å². The van der Waals surface area contributed by atoms with Crippen LogP contribution in [0.3, 0.4) is 0 Å². The topological polar surface area (TPSA) is 32.7 Å². The summed E-state index contributed by atoms with van der Waals surface area (Å²) in [7, 11) is 0. The Hall–Kier alpha value is -0.120. The minimum absolute atomic E-state index is 0.127. The summed E-state index contributed by atoms with van der Waals surface area (Å²) in [6, 6.07) is 0.372. The summed E-state index contributed by atoms with van der Waals surface area (Å²) in [5, 5.41) is 10.5. The van der Waals surface area contributed by atoms with Crippen LogP contribution in [0.25, 0.3) is 0 Å². The number of piperidine rings is 1. The van der Waals surface area contributed by atoms with E-state index in [2.05, 4.69) is 32.6 Å². The first-order valence-corrected chi connectivity index (χ1v) is 9.01. The Morgan fingerprint density at radius 1 is 1.10 bits per heavy atom. The molecular formula is C18H35NO2. The highest BCUT2D eigenvalue weighted by Crippen LogP contribution is 2.42. The van der Waals surface area contributed by atoms with E-state index in [-0.39, 0.29) is 6.10 Å². The second-order valence-electron chi connectivity index (χ2n) is 7.68. The van der Waals surface area contributed by atoms with Crippen molar-refractivity contribution in [3.8, 4) is 0 Å². The van der Waals surface area contributed by atoms with E-state index < -0.39 is 0 Å². The molecule has 3 nitrogen and oxygen atoms in total. The molecule has 0 aromatic rings. The van der Waals surface area contributed by atoms with Gasteiger partial charge in [-0.1, -0.05) is 27.2 Å². The van der Waals surface area contributed by atoms with Crippen molar-refractivity contribution in [2.75, 3.05) is 19.7 Å². The summed E-state index contributed by atoms with van der Waals surface area (Å²) in [5.74, 6) is 0.750. The summed E-state index contributed by atoms with van der Waals surface area (Å²) in [5.41, 5.74) is 0.405. The molecule has 0 amide bonds. The first-order chi connectivity index (χ1) is 9.97. The van der Waals surface area contributed by atoms with Crippen LogP contribution in [-0.4, -0.2) is 48.0 Å². The maximum atomic E-state index is 10.5. The minimum atomic E-state index is -0.127. The fourth-order valence-corrected chi connectivity index (χ4v) is 4.13. The molecule has 21 heavy (non-hydrogen) atoms. The van der Waals surface area contributed by atoms with Gasteiger partial charge in [-0.25, -0.2) is 0 Å². The molecule has 0 bridgehead atoms. The fraction of sp³-hybridized carbons (Fsp3) is 1.00. The summed E-state index contributed by atoms with van der Waals surface area (Å²) >= 11 is 0. The zero-order chi connectivity index (χ0) is 15.5. The van der Waals surface area contributed by atoms with Gasteiger partial charge in [-0.15, -0.1) is 0 Å². The molecule has 0 aromatic carbocycles. The highest BCUT2D eigenvalue weighted by Gasteiger charge is 2.39. The largest absolute Gasteiger partial charge is 0.391 e. The maximum absolute atomic E-state index is 10.5. The average molecular weight is 297 g/mol. The summed E-state index contributed by atoms with van der Waals surface area (Å²) in [6.07, 6.45) is 7.12. The molecule has 1 heterocycles. The van der Waals surface area contributed by atoms with Gasteiger partial charge in [-0.05, 0) is 50.4 Å². The molecule has 1 aliphatic heterocycles. The first-order valence-electron chi connectivity index (χ1n) is 9.01. The molecule has 0 spiro atoms. The van der Waals surface area contributed by atoms with Gasteiger partial charge in [0.2, 0.25) is 0 Å². The van der Waals surface area contributed by atoms with E-state index in [0.717, 1.165) is 44.9 Å². The highest BCUT2D eigenvalue weighted by atomic mass is 16.5. The quantitative estimate of drug-likeness (QED) is 0.843. The normalized spacial score (nSPS) is 33.3. The van der Waals surface area contributed by atoms with Gasteiger partial charge in [-0.3, -0.25) is 4.90 Å². The van der Waals surface area contributed by atoms with E-state index in [9.17, 15) is 5.11 Å². The predicted molar refractivity (Wildman–Crippen MR) is 87.4 cm³/mol. The molecule has 1 saturated carbocycles. The fourth-order valence-electron chi connectivity index (χ4n) is 4.13. The van der Waals surface area contributed by atoms with Crippen molar-refractivity contribution >= 4 is 0 Å². The van der Waals surface area contributed by atoms with Crippen LogP contribution in [0.2, 0.25) is 0 Å². The zero-order valence-corrected chi connectivity index (χ0v) is 14.5. The lowest BCUT2D eigenvalue weighted by Crippen LogP contribution is -2.52. The molecule has 0 aromatic heterocycles.